The molecule has 0 aliphatic heterocycles. The van der Waals surface area contributed by atoms with Crippen LogP contribution in [0.3, 0.4) is 0 Å². The first-order chi connectivity index (χ1) is 8.28. The van der Waals surface area contributed by atoms with Gasteiger partial charge in [0, 0.05) is 13.2 Å². The molecule has 6 heteroatoms. The molecule has 0 spiro atoms. The van der Waals surface area contributed by atoms with Crippen LogP contribution in [0.5, 0.6) is 5.75 Å². The zero-order valence-corrected chi connectivity index (χ0v) is 10.8. The predicted octanol–water partition coefficient (Wildman–Crippen LogP) is 2.56. The van der Waals surface area contributed by atoms with Crippen molar-refractivity contribution in [2.45, 2.75) is 13.2 Å². The molecule has 0 N–H and O–H groups in total. The highest BCUT2D eigenvalue weighted by Gasteiger charge is 2.04. The zero-order chi connectivity index (χ0) is 12.1. The van der Waals surface area contributed by atoms with Gasteiger partial charge in [0.25, 0.3) is 0 Å². The summed E-state index contributed by atoms with van der Waals surface area (Å²) in [5, 5.41) is 3.86. The SMILES string of the molecule is COCc1cc(COc2ccc(Br)nc2)no1. The minimum Gasteiger partial charge on any atom is -0.486 e. The number of ether oxygens (including phenoxy) is 2. The Balaban J connectivity index is 1.90. The molecule has 5 nitrogen and oxygen atoms in total. The third-order valence-corrected chi connectivity index (χ3v) is 2.45. The van der Waals surface area contributed by atoms with Crippen LogP contribution in [0.1, 0.15) is 11.5 Å². The van der Waals surface area contributed by atoms with Gasteiger partial charge >= 0.3 is 0 Å². The summed E-state index contributed by atoms with van der Waals surface area (Å²) in [7, 11) is 1.60. The Kier molecular flexibility index (Phi) is 4.11. The van der Waals surface area contributed by atoms with E-state index in [4.69, 9.17) is 14.0 Å². The second-order valence-electron chi connectivity index (χ2n) is 3.32. The maximum Gasteiger partial charge on any atom is 0.162 e. The first kappa shape index (κ1) is 12.1. The van der Waals surface area contributed by atoms with Gasteiger partial charge in [-0.05, 0) is 28.1 Å². The molecule has 0 fully saturated rings. The number of aromatic nitrogens is 2. The fourth-order valence-electron chi connectivity index (χ4n) is 1.24. The average molecular weight is 299 g/mol. The summed E-state index contributed by atoms with van der Waals surface area (Å²) in [6.45, 7) is 0.753. The van der Waals surface area contributed by atoms with Crippen LogP contribution in [0, 0.1) is 0 Å². The number of methoxy groups -OCH3 is 1. The van der Waals surface area contributed by atoms with Crippen molar-refractivity contribution in [1.82, 2.24) is 10.1 Å². The third-order valence-electron chi connectivity index (χ3n) is 1.98. The van der Waals surface area contributed by atoms with Crippen LogP contribution in [0.2, 0.25) is 0 Å². The van der Waals surface area contributed by atoms with Gasteiger partial charge in [-0.1, -0.05) is 5.16 Å². The van der Waals surface area contributed by atoms with Gasteiger partial charge < -0.3 is 14.0 Å². The summed E-state index contributed by atoms with van der Waals surface area (Å²) in [6.07, 6.45) is 1.64. The van der Waals surface area contributed by atoms with E-state index in [9.17, 15) is 0 Å². The summed E-state index contributed by atoms with van der Waals surface area (Å²) in [4.78, 5) is 4.05. The molecule has 0 amide bonds. The summed E-state index contributed by atoms with van der Waals surface area (Å²) in [5.41, 5.74) is 0.722. The van der Waals surface area contributed by atoms with Crippen LogP contribution < -0.4 is 4.74 Å². The maximum absolute atomic E-state index is 5.49. The van der Waals surface area contributed by atoms with Gasteiger partial charge in [-0.2, -0.15) is 0 Å². The molecule has 2 heterocycles. The molecule has 0 saturated heterocycles. The molecular formula is C11H11BrN2O3. The topological polar surface area (TPSA) is 57.4 Å². The van der Waals surface area contributed by atoms with Crippen LogP contribution in [0.25, 0.3) is 0 Å². The summed E-state index contributed by atoms with van der Waals surface area (Å²) in [6, 6.07) is 5.44. The van der Waals surface area contributed by atoms with Crippen LogP contribution in [0.4, 0.5) is 0 Å². The van der Waals surface area contributed by atoms with Crippen molar-refractivity contribution in [3.8, 4) is 5.75 Å². The Labute approximate surface area is 107 Å². The van der Waals surface area contributed by atoms with Crippen molar-refractivity contribution in [3.05, 3.63) is 40.5 Å². The van der Waals surface area contributed by atoms with Crippen molar-refractivity contribution < 1.29 is 14.0 Å². The number of pyridine rings is 1. The lowest BCUT2D eigenvalue weighted by Crippen LogP contribution is -1.95. The number of hydrogen-bond acceptors (Lipinski definition) is 5. The summed E-state index contributed by atoms with van der Waals surface area (Å²) < 4.78 is 16.2. The quantitative estimate of drug-likeness (QED) is 0.794. The molecule has 0 aromatic carbocycles. The largest absolute Gasteiger partial charge is 0.486 e. The van der Waals surface area contributed by atoms with Crippen LogP contribution >= 0.6 is 15.9 Å². The molecular weight excluding hydrogens is 288 g/mol. The minimum absolute atomic E-state index is 0.344. The van der Waals surface area contributed by atoms with Gasteiger partial charge in [-0.3, -0.25) is 0 Å². The number of nitrogens with zero attached hydrogens (tertiary/aromatic N) is 2. The number of halogens is 1. The molecule has 0 radical (unpaired) electrons. The van der Waals surface area contributed by atoms with Gasteiger partial charge in [0.05, 0.1) is 6.20 Å². The highest BCUT2D eigenvalue weighted by Crippen LogP contribution is 2.14. The van der Waals surface area contributed by atoms with Crippen molar-refractivity contribution in [3.63, 3.8) is 0 Å². The second kappa shape index (κ2) is 5.79. The Morgan fingerprint density at radius 2 is 2.24 bits per heavy atom. The molecule has 0 unspecified atom stereocenters. The smallest absolute Gasteiger partial charge is 0.162 e. The Bertz CT molecular complexity index is 470. The van der Waals surface area contributed by atoms with E-state index in [-0.39, 0.29) is 0 Å². The van der Waals surface area contributed by atoms with Crippen LogP contribution in [-0.2, 0) is 18.0 Å². The fraction of sp³-hybridized carbons (Fsp3) is 0.273. The maximum atomic E-state index is 5.49. The summed E-state index contributed by atoms with van der Waals surface area (Å²) >= 11 is 3.25. The van der Waals surface area contributed by atoms with Crippen molar-refractivity contribution in [2.24, 2.45) is 0 Å². The van der Waals surface area contributed by atoms with Crippen molar-refractivity contribution >= 4 is 15.9 Å². The minimum atomic E-state index is 0.344. The van der Waals surface area contributed by atoms with Gasteiger partial charge in [0.15, 0.2) is 5.76 Å². The van der Waals surface area contributed by atoms with Gasteiger partial charge in [-0.15, -0.1) is 0 Å². The highest BCUT2D eigenvalue weighted by atomic mass is 79.9. The number of rotatable bonds is 5. The first-order valence-electron chi connectivity index (χ1n) is 4.95. The zero-order valence-electron chi connectivity index (χ0n) is 9.22. The van der Waals surface area contributed by atoms with E-state index in [1.54, 1.807) is 19.4 Å². The average Bonchev–Trinajstić information content (AvgIpc) is 2.77. The molecule has 0 aliphatic rings. The van der Waals surface area contributed by atoms with E-state index in [1.165, 1.54) is 0 Å². The van der Waals surface area contributed by atoms with Gasteiger partial charge in [-0.25, -0.2) is 4.98 Å². The molecule has 0 bridgehead atoms. The molecule has 17 heavy (non-hydrogen) atoms. The lowest BCUT2D eigenvalue weighted by Gasteiger charge is -2.02. The Morgan fingerprint density at radius 3 is 2.94 bits per heavy atom. The first-order valence-corrected chi connectivity index (χ1v) is 5.75. The number of hydrogen-bond donors (Lipinski definition) is 0. The normalized spacial score (nSPS) is 10.5. The monoisotopic (exact) mass is 298 g/mol. The summed E-state index contributed by atoms with van der Waals surface area (Å²) in [5.74, 6) is 1.37. The van der Waals surface area contributed by atoms with Crippen molar-refractivity contribution in [2.75, 3.05) is 7.11 Å². The Hall–Kier alpha value is -1.40. The van der Waals surface area contributed by atoms with E-state index in [2.05, 4.69) is 26.1 Å². The molecule has 0 aliphatic carbocycles. The van der Waals surface area contributed by atoms with E-state index in [0.29, 0.717) is 24.7 Å². The van der Waals surface area contributed by atoms with E-state index in [1.807, 2.05) is 12.1 Å². The predicted molar refractivity (Wildman–Crippen MR) is 63.5 cm³/mol. The van der Waals surface area contributed by atoms with E-state index < -0.39 is 0 Å². The van der Waals surface area contributed by atoms with Crippen LogP contribution in [0.15, 0.2) is 33.5 Å². The van der Waals surface area contributed by atoms with Gasteiger partial charge in [0.1, 0.15) is 29.3 Å². The molecule has 2 aromatic heterocycles. The lowest BCUT2D eigenvalue weighted by molar-refractivity contribution is 0.155. The van der Waals surface area contributed by atoms with E-state index >= 15 is 0 Å². The molecule has 0 saturated carbocycles. The molecule has 90 valence electrons. The third kappa shape index (κ3) is 3.54. The standard InChI is InChI=1S/C11H11BrN2O3/c1-15-7-10-4-8(14-17-10)6-16-9-2-3-11(12)13-5-9/h2-5H,6-7H2,1H3. The molecule has 2 rings (SSSR count). The van der Waals surface area contributed by atoms with Crippen LogP contribution in [-0.4, -0.2) is 17.3 Å². The fourth-order valence-corrected chi connectivity index (χ4v) is 1.47. The molecule has 2 aromatic rings. The lowest BCUT2D eigenvalue weighted by atomic mass is 10.4. The van der Waals surface area contributed by atoms with E-state index in [0.717, 1.165) is 10.3 Å². The molecule has 0 atom stereocenters. The highest BCUT2D eigenvalue weighted by molar-refractivity contribution is 9.10. The Morgan fingerprint density at radius 1 is 1.35 bits per heavy atom. The second-order valence-corrected chi connectivity index (χ2v) is 4.14. The van der Waals surface area contributed by atoms with Gasteiger partial charge in [0.2, 0.25) is 0 Å². The van der Waals surface area contributed by atoms with Crippen molar-refractivity contribution in [1.29, 1.82) is 0 Å².